The number of ether oxygens (including phenoxy) is 1. The van der Waals surface area contributed by atoms with E-state index >= 15 is 0 Å². The van der Waals surface area contributed by atoms with E-state index in [-0.39, 0.29) is 0 Å². The second-order valence-corrected chi connectivity index (χ2v) is 4.69. The van der Waals surface area contributed by atoms with Gasteiger partial charge in [0.1, 0.15) is 5.75 Å². The molecule has 5 heteroatoms. The monoisotopic (exact) mass is 275 g/mol. The highest BCUT2D eigenvalue weighted by molar-refractivity contribution is 5.28. The number of aliphatic hydroxyl groups excluding tert-OH is 1. The van der Waals surface area contributed by atoms with E-state index in [4.69, 9.17) is 4.74 Å². The molecule has 0 saturated carbocycles. The Bertz CT molecular complexity index is 500. The fraction of sp³-hybridized carbons (Fsp3) is 0.400. The van der Waals surface area contributed by atoms with Crippen LogP contribution in [0.15, 0.2) is 42.7 Å². The van der Waals surface area contributed by atoms with Crippen LogP contribution in [0.1, 0.15) is 5.56 Å². The fourth-order valence-electron chi connectivity index (χ4n) is 2.02. The number of hydrogen-bond donors (Lipinski definition) is 2. The average Bonchev–Trinajstić information content (AvgIpc) is 2.97. The maximum atomic E-state index is 9.86. The van der Waals surface area contributed by atoms with E-state index in [1.54, 1.807) is 18.0 Å². The SMILES string of the molecule is COc1cccc(CCNCC(O)Cn2cccn2)c1. The zero-order valence-electron chi connectivity index (χ0n) is 11.7. The van der Waals surface area contributed by atoms with Crippen molar-refractivity contribution in [1.82, 2.24) is 15.1 Å². The molecule has 2 aromatic rings. The van der Waals surface area contributed by atoms with Crippen LogP contribution in [-0.2, 0) is 13.0 Å². The molecule has 0 fully saturated rings. The normalized spacial score (nSPS) is 12.3. The number of aliphatic hydroxyl groups is 1. The summed E-state index contributed by atoms with van der Waals surface area (Å²) >= 11 is 0. The number of rotatable bonds is 8. The summed E-state index contributed by atoms with van der Waals surface area (Å²) in [6, 6.07) is 9.88. The molecule has 0 radical (unpaired) electrons. The van der Waals surface area contributed by atoms with Crippen molar-refractivity contribution in [3.8, 4) is 5.75 Å². The smallest absolute Gasteiger partial charge is 0.119 e. The zero-order valence-corrected chi connectivity index (χ0v) is 11.7. The minimum absolute atomic E-state index is 0.430. The van der Waals surface area contributed by atoms with Gasteiger partial charge < -0.3 is 15.2 Å². The van der Waals surface area contributed by atoms with E-state index in [1.807, 2.05) is 30.5 Å². The number of hydrogen-bond acceptors (Lipinski definition) is 4. The fourth-order valence-corrected chi connectivity index (χ4v) is 2.02. The molecule has 108 valence electrons. The van der Waals surface area contributed by atoms with Gasteiger partial charge in [0.15, 0.2) is 0 Å². The largest absolute Gasteiger partial charge is 0.497 e. The van der Waals surface area contributed by atoms with Crippen LogP contribution in [0, 0.1) is 0 Å². The van der Waals surface area contributed by atoms with Gasteiger partial charge in [0.25, 0.3) is 0 Å². The van der Waals surface area contributed by atoms with Crippen molar-refractivity contribution in [3.05, 3.63) is 48.3 Å². The lowest BCUT2D eigenvalue weighted by atomic mass is 10.1. The summed E-state index contributed by atoms with van der Waals surface area (Å²) in [6.45, 7) is 1.90. The molecule has 2 rings (SSSR count). The lowest BCUT2D eigenvalue weighted by molar-refractivity contribution is 0.147. The van der Waals surface area contributed by atoms with Gasteiger partial charge in [-0.1, -0.05) is 12.1 Å². The van der Waals surface area contributed by atoms with Gasteiger partial charge in [0.05, 0.1) is 19.8 Å². The molecule has 0 spiro atoms. The Morgan fingerprint density at radius 2 is 2.30 bits per heavy atom. The van der Waals surface area contributed by atoms with Crippen LogP contribution < -0.4 is 10.1 Å². The molecule has 0 aliphatic heterocycles. The molecule has 0 aliphatic rings. The van der Waals surface area contributed by atoms with Crippen molar-refractivity contribution in [1.29, 1.82) is 0 Å². The van der Waals surface area contributed by atoms with Crippen molar-refractivity contribution in [2.45, 2.75) is 19.1 Å². The van der Waals surface area contributed by atoms with Gasteiger partial charge in [-0.15, -0.1) is 0 Å². The van der Waals surface area contributed by atoms with E-state index < -0.39 is 6.10 Å². The Kier molecular flexibility index (Phi) is 5.58. The van der Waals surface area contributed by atoms with Crippen LogP contribution in [0.4, 0.5) is 0 Å². The first-order valence-corrected chi connectivity index (χ1v) is 6.77. The Balaban J connectivity index is 1.65. The molecule has 1 heterocycles. The Morgan fingerprint density at radius 1 is 1.40 bits per heavy atom. The number of methoxy groups -OCH3 is 1. The second kappa shape index (κ2) is 7.67. The summed E-state index contributed by atoms with van der Waals surface area (Å²) < 4.78 is 6.92. The Morgan fingerprint density at radius 3 is 3.05 bits per heavy atom. The number of nitrogens with one attached hydrogen (secondary N) is 1. The molecule has 0 amide bonds. The summed E-state index contributed by atoms with van der Waals surface area (Å²) in [5, 5.41) is 17.2. The second-order valence-electron chi connectivity index (χ2n) is 4.69. The molecule has 1 unspecified atom stereocenters. The van der Waals surface area contributed by atoms with Crippen LogP contribution in [0.2, 0.25) is 0 Å². The van der Waals surface area contributed by atoms with Crippen LogP contribution in [0.5, 0.6) is 5.75 Å². The number of nitrogens with zero attached hydrogens (tertiary/aromatic N) is 2. The van der Waals surface area contributed by atoms with Gasteiger partial charge in [0, 0.05) is 18.9 Å². The zero-order chi connectivity index (χ0) is 14.2. The topological polar surface area (TPSA) is 59.3 Å². The van der Waals surface area contributed by atoms with Crippen molar-refractivity contribution in [3.63, 3.8) is 0 Å². The van der Waals surface area contributed by atoms with E-state index in [2.05, 4.69) is 16.5 Å². The van der Waals surface area contributed by atoms with Crippen LogP contribution in [-0.4, -0.2) is 41.2 Å². The predicted molar refractivity (Wildman–Crippen MR) is 77.8 cm³/mol. The van der Waals surface area contributed by atoms with Crippen LogP contribution in [0.25, 0.3) is 0 Å². The molecule has 0 aliphatic carbocycles. The summed E-state index contributed by atoms with van der Waals surface area (Å²) in [6.07, 6.45) is 4.04. The molecule has 0 bridgehead atoms. The quantitative estimate of drug-likeness (QED) is 0.708. The molecule has 0 saturated heterocycles. The molecule has 1 aromatic carbocycles. The number of benzene rings is 1. The van der Waals surface area contributed by atoms with Gasteiger partial charge in [-0.25, -0.2) is 0 Å². The van der Waals surface area contributed by atoms with Crippen LogP contribution >= 0.6 is 0 Å². The van der Waals surface area contributed by atoms with Crippen molar-refractivity contribution in [2.24, 2.45) is 0 Å². The molecule has 2 N–H and O–H groups in total. The third kappa shape index (κ3) is 4.68. The summed E-state index contributed by atoms with van der Waals surface area (Å²) in [5.41, 5.74) is 1.22. The summed E-state index contributed by atoms with van der Waals surface area (Å²) in [4.78, 5) is 0. The molecular formula is C15H21N3O2. The van der Waals surface area contributed by atoms with Crippen molar-refractivity contribution >= 4 is 0 Å². The maximum absolute atomic E-state index is 9.86. The van der Waals surface area contributed by atoms with Crippen molar-refractivity contribution in [2.75, 3.05) is 20.2 Å². The highest BCUT2D eigenvalue weighted by Gasteiger charge is 2.04. The Hall–Kier alpha value is -1.85. The Labute approximate surface area is 119 Å². The minimum atomic E-state index is -0.430. The third-order valence-electron chi connectivity index (χ3n) is 3.06. The lowest BCUT2D eigenvalue weighted by Gasteiger charge is -2.12. The highest BCUT2D eigenvalue weighted by atomic mass is 16.5. The molecule has 1 aromatic heterocycles. The molecule has 5 nitrogen and oxygen atoms in total. The minimum Gasteiger partial charge on any atom is -0.497 e. The van der Waals surface area contributed by atoms with Gasteiger partial charge >= 0.3 is 0 Å². The van der Waals surface area contributed by atoms with Gasteiger partial charge in [-0.2, -0.15) is 5.10 Å². The summed E-state index contributed by atoms with van der Waals surface area (Å²) in [7, 11) is 1.67. The average molecular weight is 275 g/mol. The van der Waals surface area contributed by atoms with E-state index in [9.17, 15) is 5.11 Å². The van der Waals surface area contributed by atoms with Gasteiger partial charge in [-0.05, 0) is 36.7 Å². The van der Waals surface area contributed by atoms with E-state index in [0.29, 0.717) is 13.1 Å². The molecular weight excluding hydrogens is 254 g/mol. The molecule has 1 atom stereocenters. The number of aromatic nitrogens is 2. The molecule has 20 heavy (non-hydrogen) atoms. The van der Waals surface area contributed by atoms with E-state index in [1.165, 1.54) is 5.56 Å². The van der Waals surface area contributed by atoms with Crippen molar-refractivity contribution < 1.29 is 9.84 Å². The van der Waals surface area contributed by atoms with E-state index in [0.717, 1.165) is 18.7 Å². The first-order valence-electron chi connectivity index (χ1n) is 6.77. The van der Waals surface area contributed by atoms with Crippen LogP contribution in [0.3, 0.4) is 0 Å². The third-order valence-corrected chi connectivity index (χ3v) is 3.06. The lowest BCUT2D eigenvalue weighted by Crippen LogP contribution is -2.31. The first kappa shape index (κ1) is 14.6. The van der Waals surface area contributed by atoms with Gasteiger partial charge in [-0.3, -0.25) is 4.68 Å². The first-order chi connectivity index (χ1) is 9.78. The maximum Gasteiger partial charge on any atom is 0.119 e. The predicted octanol–water partition coefficient (Wildman–Crippen LogP) is 1.08. The summed E-state index contributed by atoms with van der Waals surface area (Å²) in [5.74, 6) is 0.876. The standard InChI is InChI=1S/C15H21N3O2/c1-20-15-5-2-4-13(10-15)6-8-16-11-14(19)12-18-9-3-7-17-18/h2-5,7,9-10,14,16,19H,6,8,11-12H2,1H3. The van der Waals surface area contributed by atoms with Gasteiger partial charge in [0.2, 0.25) is 0 Å². The highest BCUT2D eigenvalue weighted by Crippen LogP contribution is 2.12.